The summed E-state index contributed by atoms with van der Waals surface area (Å²) in [6.07, 6.45) is 0. The predicted molar refractivity (Wildman–Crippen MR) is 82.8 cm³/mol. The molecule has 0 amide bonds. The molecule has 2 aromatic rings. The minimum atomic E-state index is -3.61. The van der Waals surface area contributed by atoms with E-state index >= 15 is 0 Å². The number of benzene rings is 2. The molecule has 0 spiro atoms. The van der Waals surface area contributed by atoms with Crippen LogP contribution in [0.1, 0.15) is 11.1 Å². The third-order valence-electron chi connectivity index (χ3n) is 3.04. The molecule has 0 radical (unpaired) electrons. The Bertz CT molecular complexity index is 670. The molecule has 2 rings (SSSR count). The van der Waals surface area contributed by atoms with Crippen LogP contribution in [0.3, 0.4) is 0 Å². The molecule has 0 aliphatic rings. The van der Waals surface area contributed by atoms with Gasteiger partial charge in [-0.2, -0.15) is 12.7 Å². The number of aliphatic hydroxyl groups excluding tert-OH is 1. The zero-order valence-electron chi connectivity index (χ0n) is 11.7. The normalized spacial score (nSPS) is 11.6. The van der Waals surface area contributed by atoms with E-state index in [0.29, 0.717) is 12.2 Å². The Morgan fingerprint density at radius 3 is 2.19 bits per heavy atom. The number of nitrogens with zero attached hydrogens (tertiary/aromatic N) is 1. The lowest BCUT2D eigenvalue weighted by Gasteiger charge is -2.18. The Hall–Kier alpha value is -1.89. The molecule has 5 nitrogen and oxygen atoms in total. The molecule has 0 fully saturated rings. The van der Waals surface area contributed by atoms with E-state index in [1.807, 2.05) is 30.3 Å². The van der Waals surface area contributed by atoms with E-state index in [1.54, 1.807) is 24.3 Å². The monoisotopic (exact) mass is 306 g/mol. The second kappa shape index (κ2) is 6.71. The molecule has 0 saturated carbocycles. The maximum Gasteiger partial charge on any atom is 0.301 e. The highest BCUT2D eigenvalue weighted by molar-refractivity contribution is 7.90. The third-order valence-corrected chi connectivity index (χ3v) is 4.49. The predicted octanol–water partition coefficient (Wildman–Crippen LogP) is 1.97. The molecule has 0 heterocycles. The van der Waals surface area contributed by atoms with Crippen LogP contribution in [0.2, 0.25) is 0 Å². The van der Waals surface area contributed by atoms with Gasteiger partial charge in [-0.1, -0.05) is 42.5 Å². The van der Waals surface area contributed by atoms with Crippen LogP contribution in [-0.2, 0) is 23.4 Å². The Morgan fingerprint density at radius 1 is 1.00 bits per heavy atom. The van der Waals surface area contributed by atoms with Gasteiger partial charge in [0.1, 0.15) is 0 Å². The van der Waals surface area contributed by atoms with E-state index < -0.39 is 10.2 Å². The van der Waals surface area contributed by atoms with E-state index in [2.05, 4.69) is 4.72 Å². The van der Waals surface area contributed by atoms with E-state index in [9.17, 15) is 8.42 Å². The van der Waals surface area contributed by atoms with Gasteiger partial charge in [0.2, 0.25) is 0 Å². The van der Waals surface area contributed by atoms with Crippen molar-refractivity contribution in [2.75, 3.05) is 11.8 Å². The van der Waals surface area contributed by atoms with Crippen LogP contribution < -0.4 is 4.72 Å². The quantitative estimate of drug-likeness (QED) is 0.857. The van der Waals surface area contributed by atoms with Gasteiger partial charge in [-0.25, -0.2) is 0 Å². The maximum absolute atomic E-state index is 12.2. The fourth-order valence-electron chi connectivity index (χ4n) is 1.83. The highest BCUT2D eigenvalue weighted by Crippen LogP contribution is 2.14. The minimum absolute atomic E-state index is 0.0685. The molecule has 21 heavy (non-hydrogen) atoms. The second-order valence-electron chi connectivity index (χ2n) is 4.70. The summed E-state index contributed by atoms with van der Waals surface area (Å²) in [7, 11) is -2.09. The molecular weight excluding hydrogens is 288 g/mol. The largest absolute Gasteiger partial charge is 0.392 e. The maximum atomic E-state index is 12.2. The molecular formula is C15H18N2O3S. The van der Waals surface area contributed by atoms with Crippen molar-refractivity contribution < 1.29 is 13.5 Å². The average Bonchev–Trinajstić information content (AvgIpc) is 2.48. The summed E-state index contributed by atoms with van der Waals surface area (Å²) in [5, 5.41) is 8.97. The fourth-order valence-corrected chi connectivity index (χ4v) is 2.74. The first-order valence-electron chi connectivity index (χ1n) is 6.49. The minimum Gasteiger partial charge on any atom is -0.392 e. The van der Waals surface area contributed by atoms with Gasteiger partial charge in [0.15, 0.2) is 0 Å². The standard InChI is InChI=1S/C15H18N2O3S/c1-17(11-13-5-3-2-4-6-13)21(19,20)16-15-9-7-14(12-18)8-10-15/h2-10,16,18H,11-12H2,1H3. The lowest BCUT2D eigenvalue weighted by atomic mass is 10.2. The van der Waals surface area contributed by atoms with Crippen molar-refractivity contribution in [1.29, 1.82) is 0 Å². The molecule has 2 N–H and O–H groups in total. The molecule has 0 aliphatic carbocycles. The fraction of sp³-hybridized carbons (Fsp3) is 0.200. The van der Waals surface area contributed by atoms with Gasteiger partial charge in [0.25, 0.3) is 0 Å². The van der Waals surface area contributed by atoms with Gasteiger partial charge in [0, 0.05) is 19.3 Å². The first-order valence-corrected chi connectivity index (χ1v) is 7.93. The van der Waals surface area contributed by atoms with E-state index in [0.717, 1.165) is 11.1 Å². The molecule has 112 valence electrons. The topological polar surface area (TPSA) is 69.6 Å². The summed E-state index contributed by atoms with van der Waals surface area (Å²) in [5.41, 5.74) is 2.11. The molecule has 0 bridgehead atoms. The summed E-state index contributed by atoms with van der Waals surface area (Å²) < 4.78 is 28.2. The van der Waals surface area contributed by atoms with Crippen molar-refractivity contribution in [2.24, 2.45) is 0 Å². The van der Waals surface area contributed by atoms with Crippen LogP contribution >= 0.6 is 0 Å². The van der Waals surface area contributed by atoms with Crippen molar-refractivity contribution in [2.45, 2.75) is 13.2 Å². The smallest absolute Gasteiger partial charge is 0.301 e. The number of nitrogens with one attached hydrogen (secondary N) is 1. The van der Waals surface area contributed by atoms with Crippen LogP contribution in [0.5, 0.6) is 0 Å². The molecule has 0 aromatic heterocycles. The SMILES string of the molecule is CN(Cc1ccccc1)S(=O)(=O)Nc1ccc(CO)cc1. The van der Waals surface area contributed by atoms with Crippen molar-refractivity contribution in [3.05, 3.63) is 65.7 Å². The Kier molecular flexibility index (Phi) is 4.95. The van der Waals surface area contributed by atoms with Crippen LogP contribution in [0.4, 0.5) is 5.69 Å². The highest BCUT2D eigenvalue weighted by atomic mass is 32.2. The summed E-state index contributed by atoms with van der Waals surface area (Å²) >= 11 is 0. The van der Waals surface area contributed by atoms with Gasteiger partial charge in [0.05, 0.1) is 6.61 Å². The zero-order valence-corrected chi connectivity index (χ0v) is 12.5. The third kappa shape index (κ3) is 4.29. The average molecular weight is 306 g/mol. The number of hydrogen-bond donors (Lipinski definition) is 2. The molecule has 6 heteroatoms. The first kappa shape index (κ1) is 15.5. The summed E-state index contributed by atoms with van der Waals surface area (Å²) in [6.45, 7) is 0.228. The highest BCUT2D eigenvalue weighted by Gasteiger charge is 2.17. The lowest BCUT2D eigenvalue weighted by Crippen LogP contribution is -2.32. The van der Waals surface area contributed by atoms with Gasteiger partial charge in [-0.05, 0) is 23.3 Å². The van der Waals surface area contributed by atoms with Crippen LogP contribution in [0.25, 0.3) is 0 Å². The van der Waals surface area contributed by atoms with Gasteiger partial charge in [-0.15, -0.1) is 0 Å². The molecule has 2 aromatic carbocycles. The summed E-state index contributed by atoms with van der Waals surface area (Å²) in [4.78, 5) is 0. The second-order valence-corrected chi connectivity index (χ2v) is 6.48. The van der Waals surface area contributed by atoms with Gasteiger partial charge in [-0.3, -0.25) is 4.72 Å². The molecule has 0 unspecified atom stereocenters. The van der Waals surface area contributed by atoms with Crippen LogP contribution in [0, 0.1) is 0 Å². The number of aliphatic hydroxyl groups is 1. The van der Waals surface area contributed by atoms with E-state index in [1.165, 1.54) is 11.4 Å². The summed E-state index contributed by atoms with van der Waals surface area (Å²) in [5.74, 6) is 0. The number of anilines is 1. The van der Waals surface area contributed by atoms with Crippen molar-refractivity contribution >= 4 is 15.9 Å². The zero-order chi connectivity index (χ0) is 15.3. The Morgan fingerprint density at radius 2 is 1.62 bits per heavy atom. The Balaban J connectivity index is 2.06. The van der Waals surface area contributed by atoms with Crippen molar-refractivity contribution in [3.63, 3.8) is 0 Å². The number of rotatable bonds is 6. The molecule has 0 aliphatic heterocycles. The van der Waals surface area contributed by atoms with Crippen LogP contribution in [0.15, 0.2) is 54.6 Å². The van der Waals surface area contributed by atoms with Crippen molar-refractivity contribution in [3.8, 4) is 0 Å². The van der Waals surface area contributed by atoms with Crippen molar-refractivity contribution in [1.82, 2.24) is 4.31 Å². The first-order chi connectivity index (χ1) is 10.0. The van der Waals surface area contributed by atoms with E-state index in [-0.39, 0.29) is 6.61 Å². The van der Waals surface area contributed by atoms with Gasteiger partial charge < -0.3 is 5.11 Å². The lowest BCUT2D eigenvalue weighted by molar-refractivity contribution is 0.282. The summed E-state index contributed by atoms with van der Waals surface area (Å²) in [6, 6.07) is 16.0. The molecule has 0 saturated heterocycles. The van der Waals surface area contributed by atoms with Crippen LogP contribution in [-0.4, -0.2) is 24.9 Å². The molecule has 0 atom stereocenters. The van der Waals surface area contributed by atoms with E-state index in [4.69, 9.17) is 5.11 Å². The number of hydrogen-bond acceptors (Lipinski definition) is 3. The van der Waals surface area contributed by atoms with Gasteiger partial charge >= 0.3 is 10.2 Å². The Labute approximate surface area is 125 Å².